The van der Waals surface area contributed by atoms with Crippen molar-refractivity contribution in [1.29, 1.82) is 0 Å². The molecule has 14 atom stereocenters. The van der Waals surface area contributed by atoms with Gasteiger partial charge in [0.2, 0.25) is 0 Å². The molecular formula is C27H44O14S2. The Morgan fingerprint density at radius 3 is 2.14 bits per heavy atom. The van der Waals surface area contributed by atoms with E-state index in [2.05, 4.69) is 23.8 Å². The van der Waals surface area contributed by atoms with Gasteiger partial charge < -0.3 is 29.9 Å². The lowest BCUT2D eigenvalue weighted by atomic mass is 9.44. The maximum Gasteiger partial charge on any atom is 0.397 e. The van der Waals surface area contributed by atoms with Crippen LogP contribution in [0.4, 0.5) is 0 Å². The van der Waals surface area contributed by atoms with Crippen LogP contribution in [-0.4, -0.2) is 102 Å². The van der Waals surface area contributed by atoms with E-state index in [-0.39, 0.29) is 24.4 Å². The summed E-state index contributed by atoms with van der Waals surface area (Å²) in [5.74, 6) is 0.712. The number of aliphatic hydroxyl groups is 4. The van der Waals surface area contributed by atoms with Crippen molar-refractivity contribution in [3.8, 4) is 0 Å². The van der Waals surface area contributed by atoms with Crippen LogP contribution in [0, 0.1) is 40.4 Å². The number of allylic oxidation sites excluding steroid dienone is 1. The molecule has 0 aromatic carbocycles. The third-order valence-corrected chi connectivity index (χ3v) is 12.6. The molecule has 4 aliphatic carbocycles. The summed E-state index contributed by atoms with van der Waals surface area (Å²) in [6.07, 6.45) is -3.92. The SMILES string of the molecule is C=CC1CCC2C3CCC4C(OC5OC(CO)C(O)C(OS(=O)(=O)O)C5O)C(OS(=O)(=O)O)CCC4(CO)C3CCC12C. The van der Waals surface area contributed by atoms with E-state index in [0.717, 1.165) is 32.1 Å². The Kier molecular flexibility index (Phi) is 9.47. The van der Waals surface area contributed by atoms with E-state index in [1.165, 1.54) is 0 Å². The van der Waals surface area contributed by atoms with Gasteiger partial charge in [-0.05, 0) is 86.4 Å². The smallest absolute Gasteiger partial charge is 0.396 e. The molecule has 6 N–H and O–H groups in total. The van der Waals surface area contributed by atoms with E-state index in [9.17, 15) is 46.4 Å². The number of hydrogen-bond acceptors (Lipinski definition) is 12. The van der Waals surface area contributed by atoms with Crippen LogP contribution >= 0.6 is 0 Å². The number of ether oxygens (including phenoxy) is 2. The second-order valence-electron chi connectivity index (χ2n) is 13.3. The zero-order chi connectivity index (χ0) is 31.5. The number of rotatable bonds is 9. The normalized spacial score (nSPS) is 48.6. The third kappa shape index (κ3) is 6.07. The Morgan fingerprint density at radius 2 is 1.53 bits per heavy atom. The molecule has 5 aliphatic rings. The first-order chi connectivity index (χ1) is 20.1. The first-order valence-electron chi connectivity index (χ1n) is 14.9. The minimum Gasteiger partial charge on any atom is -0.396 e. The largest absolute Gasteiger partial charge is 0.397 e. The van der Waals surface area contributed by atoms with Crippen LogP contribution < -0.4 is 0 Å². The summed E-state index contributed by atoms with van der Waals surface area (Å²) in [7, 11) is -10.1. The molecule has 14 unspecified atom stereocenters. The van der Waals surface area contributed by atoms with Gasteiger partial charge in [0, 0.05) is 12.0 Å². The first-order valence-corrected chi connectivity index (χ1v) is 17.6. The fraction of sp³-hybridized carbons (Fsp3) is 0.926. The maximum absolute atomic E-state index is 11.9. The minimum atomic E-state index is -5.17. The minimum absolute atomic E-state index is 0.0712. The number of hydrogen-bond donors (Lipinski definition) is 6. The molecule has 1 saturated heterocycles. The van der Waals surface area contributed by atoms with Crippen LogP contribution in [0.2, 0.25) is 0 Å². The summed E-state index contributed by atoms with van der Waals surface area (Å²) < 4.78 is 86.7. The van der Waals surface area contributed by atoms with Crippen LogP contribution in [-0.2, 0) is 38.6 Å². The van der Waals surface area contributed by atoms with Crippen molar-refractivity contribution in [3.05, 3.63) is 12.7 Å². The van der Waals surface area contributed by atoms with Crippen LogP contribution in [0.1, 0.15) is 58.3 Å². The summed E-state index contributed by atoms with van der Waals surface area (Å²) in [5, 5.41) is 42.2. The highest BCUT2D eigenvalue weighted by Crippen LogP contribution is 2.68. The van der Waals surface area contributed by atoms with Gasteiger partial charge in [0.1, 0.15) is 30.5 Å². The summed E-state index contributed by atoms with van der Waals surface area (Å²) in [6, 6.07) is 0. The highest BCUT2D eigenvalue weighted by atomic mass is 32.3. The second kappa shape index (κ2) is 12.1. The van der Waals surface area contributed by atoms with E-state index < -0.39 is 81.7 Å². The van der Waals surface area contributed by atoms with Crippen molar-refractivity contribution >= 4 is 20.8 Å². The van der Waals surface area contributed by atoms with E-state index in [1.807, 2.05) is 0 Å². The average molecular weight is 657 g/mol. The van der Waals surface area contributed by atoms with Gasteiger partial charge in [-0.25, -0.2) is 8.37 Å². The van der Waals surface area contributed by atoms with Gasteiger partial charge in [0.05, 0.1) is 12.7 Å². The lowest BCUT2D eigenvalue weighted by Gasteiger charge is -2.63. The summed E-state index contributed by atoms with van der Waals surface area (Å²) in [5.41, 5.74) is -0.601. The molecule has 14 nitrogen and oxygen atoms in total. The van der Waals surface area contributed by atoms with Gasteiger partial charge in [-0.3, -0.25) is 9.11 Å². The fourth-order valence-corrected chi connectivity index (χ4v) is 10.8. The molecule has 0 aromatic heterocycles. The zero-order valence-electron chi connectivity index (χ0n) is 24.0. The van der Waals surface area contributed by atoms with Crippen LogP contribution in [0.5, 0.6) is 0 Å². The van der Waals surface area contributed by atoms with Crippen molar-refractivity contribution in [2.75, 3.05) is 13.2 Å². The molecule has 1 heterocycles. The molecule has 1 aliphatic heterocycles. The van der Waals surface area contributed by atoms with Gasteiger partial charge in [-0.2, -0.15) is 16.8 Å². The van der Waals surface area contributed by atoms with Crippen molar-refractivity contribution in [2.24, 2.45) is 40.4 Å². The zero-order valence-corrected chi connectivity index (χ0v) is 25.7. The number of aliphatic hydroxyl groups excluding tert-OH is 4. The van der Waals surface area contributed by atoms with E-state index in [1.54, 1.807) is 0 Å². The lowest BCUT2D eigenvalue weighted by molar-refractivity contribution is -0.329. The highest BCUT2D eigenvalue weighted by molar-refractivity contribution is 7.81. The monoisotopic (exact) mass is 656 g/mol. The van der Waals surface area contributed by atoms with Crippen molar-refractivity contribution in [2.45, 2.75) is 101 Å². The molecular weight excluding hydrogens is 612 g/mol. The Bertz CT molecular complexity index is 1240. The number of fused-ring (bicyclic) bond motifs is 5. The van der Waals surface area contributed by atoms with Gasteiger partial charge in [-0.15, -0.1) is 6.58 Å². The quantitative estimate of drug-likeness (QED) is 0.148. The van der Waals surface area contributed by atoms with E-state index >= 15 is 0 Å². The van der Waals surface area contributed by atoms with Gasteiger partial charge in [-0.1, -0.05) is 13.0 Å². The topological polar surface area (TPSA) is 227 Å². The molecule has 0 amide bonds. The van der Waals surface area contributed by atoms with Gasteiger partial charge in [0.15, 0.2) is 6.29 Å². The molecule has 0 bridgehead atoms. The lowest BCUT2D eigenvalue weighted by Crippen LogP contribution is -2.65. The summed E-state index contributed by atoms with van der Waals surface area (Å²) in [4.78, 5) is 0. The first kappa shape index (κ1) is 33.6. The Hall–Kier alpha value is -0.760. The summed E-state index contributed by atoms with van der Waals surface area (Å²) in [6.45, 7) is 5.34. The Balaban J connectivity index is 1.47. The molecule has 43 heavy (non-hydrogen) atoms. The van der Waals surface area contributed by atoms with E-state index in [4.69, 9.17) is 13.7 Å². The molecule has 0 spiro atoms. The highest BCUT2D eigenvalue weighted by Gasteiger charge is 2.64. The summed E-state index contributed by atoms with van der Waals surface area (Å²) >= 11 is 0. The second-order valence-corrected chi connectivity index (χ2v) is 15.4. The molecule has 4 saturated carbocycles. The molecule has 5 rings (SSSR count). The predicted octanol–water partition coefficient (Wildman–Crippen LogP) is 0.614. The maximum atomic E-state index is 11.9. The standard InChI is InChI=1S/C27H44O14S2/c1-3-14-4-6-16-15-5-7-18-23(39-25-22(31)24(41-43(35,36)37)21(30)20(12-28)38-25)19(40-42(32,33)34)9-11-27(18,13-29)17(15)8-10-26(14,16)2/h3,14-25,28-31H,1,4-13H2,2H3,(H,32,33,34)(H,35,36,37). The predicted molar refractivity (Wildman–Crippen MR) is 148 cm³/mol. The Morgan fingerprint density at radius 1 is 0.860 bits per heavy atom. The van der Waals surface area contributed by atoms with Crippen LogP contribution in [0.15, 0.2) is 12.7 Å². The van der Waals surface area contributed by atoms with Crippen molar-refractivity contribution < 1.29 is 64.2 Å². The van der Waals surface area contributed by atoms with E-state index in [0.29, 0.717) is 30.6 Å². The molecule has 5 fully saturated rings. The van der Waals surface area contributed by atoms with Crippen LogP contribution in [0.3, 0.4) is 0 Å². The third-order valence-electron chi connectivity index (χ3n) is 11.6. The molecule has 248 valence electrons. The van der Waals surface area contributed by atoms with Gasteiger partial charge >= 0.3 is 20.8 Å². The van der Waals surface area contributed by atoms with Crippen molar-refractivity contribution in [3.63, 3.8) is 0 Å². The Labute approximate surface area is 252 Å². The fourth-order valence-electron chi connectivity index (χ4n) is 9.79. The molecule has 0 radical (unpaired) electrons. The van der Waals surface area contributed by atoms with Crippen molar-refractivity contribution in [1.82, 2.24) is 0 Å². The molecule has 0 aromatic rings. The van der Waals surface area contributed by atoms with Crippen LogP contribution in [0.25, 0.3) is 0 Å². The van der Waals surface area contributed by atoms with Gasteiger partial charge in [0.25, 0.3) is 0 Å². The molecule has 16 heteroatoms. The average Bonchev–Trinajstić information content (AvgIpc) is 3.28.